The lowest BCUT2D eigenvalue weighted by molar-refractivity contribution is -0.136. The highest BCUT2D eigenvalue weighted by molar-refractivity contribution is 6.01. The van der Waals surface area contributed by atoms with Gasteiger partial charge in [0, 0.05) is 6.54 Å². The Labute approximate surface area is 121 Å². The van der Waals surface area contributed by atoms with Gasteiger partial charge >= 0.3 is 18.0 Å². The molecule has 0 aliphatic carbocycles. The molecule has 1 aromatic carbocycles. The summed E-state index contributed by atoms with van der Waals surface area (Å²) in [5, 5.41) is 13.3. The van der Waals surface area contributed by atoms with E-state index >= 15 is 0 Å². The van der Waals surface area contributed by atoms with Crippen LogP contribution in [0.5, 0.6) is 5.75 Å². The van der Waals surface area contributed by atoms with Crippen molar-refractivity contribution in [2.45, 2.75) is 6.42 Å². The van der Waals surface area contributed by atoms with Crippen molar-refractivity contribution in [3.63, 3.8) is 0 Å². The number of carboxylic acid groups (broad SMARTS) is 1. The van der Waals surface area contributed by atoms with E-state index in [2.05, 4.69) is 15.4 Å². The van der Waals surface area contributed by atoms with Gasteiger partial charge in [-0.25, -0.2) is 9.59 Å². The van der Waals surface area contributed by atoms with Crippen LogP contribution in [-0.2, 0) is 9.53 Å². The van der Waals surface area contributed by atoms with E-state index in [4.69, 9.17) is 9.84 Å². The molecule has 0 aromatic heterocycles. The highest BCUT2D eigenvalue weighted by Gasteiger charge is 2.15. The molecule has 0 atom stereocenters. The number of aliphatic carboxylic acids is 1. The summed E-state index contributed by atoms with van der Waals surface area (Å²) in [6, 6.07) is 3.87. The summed E-state index contributed by atoms with van der Waals surface area (Å²) in [4.78, 5) is 33.6. The summed E-state index contributed by atoms with van der Waals surface area (Å²) in [6.45, 7) is -0.0229. The molecule has 0 radical (unpaired) electrons. The second kappa shape index (κ2) is 7.73. The van der Waals surface area contributed by atoms with Gasteiger partial charge in [0.1, 0.15) is 5.75 Å². The molecular formula is C13H16N2O6. The minimum atomic E-state index is -1.02. The van der Waals surface area contributed by atoms with Crippen molar-refractivity contribution in [3.05, 3.63) is 23.8 Å². The van der Waals surface area contributed by atoms with E-state index < -0.39 is 18.0 Å². The number of ether oxygens (including phenoxy) is 2. The Morgan fingerprint density at radius 1 is 1.24 bits per heavy atom. The molecule has 0 aliphatic heterocycles. The standard InChI is InChI=1S/C13H16N2O6/c1-20-8-3-4-10(9(7-8)12(18)21-2)15-13(19)14-6-5-11(16)17/h3-4,7H,5-6H2,1-2H3,(H,16,17)(H2,14,15,19). The van der Waals surface area contributed by atoms with Gasteiger partial charge in [0.2, 0.25) is 0 Å². The minimum absolute atomic E-state index is 0.0229. The number of esters is 1. The molecule has 8 nitrogen and oxygen atoms in total. The van der Waals surface area contributed by atoms with E-state index in [9.17, 15) is 14.4 Å². The van der Waals surface area contributed by atoms with Gasteiger partial charge in [-0.15, -0.1) is 0 Å². The Morgan fingerprint density at radius 3 is 2.52 bits per heavy atom. The Kier molecular flexibility index (Phi) is 5.99. The van der Waals surface area contributed by atoms with Gasteiger partial charge in [-0.1, -0.05) is 0 Å². The number of carboxylic acids is 1. The van der Waals surface area contributed by atoms with Crippen LogP contribution in [-0.4, -0.2) is 43.8 Å². The van der Waals surface area contributed by atoms with Crippen LogP contribution in [0.1, 0.15) is 16.8 Å². The molecule has 0 spiro atoms. The third-order valence-corrected chi connectivity index (χ3v) is 2.50. The Hall–Kier alpha value is -2.77. The first-order valence-corrected chi connectivity index (χ1v) is 6.01. The average molecular weight is 296 g/mol. The molecule has 1 aromatic rings. The molecule has 114 valence electrons. The van der Waals surface area contributed by atoms with Crippen LogP contribution in [0.15, 0.2) is 18.2 Å². The van der Waals surface area contributed by atoms with Crippen LogP contribution in [0, 0.1) is 0 Å². The number of carbonyl (C=O) groups is 3. The van der Waals surface area contributed by atoms with Gasteiger partial charge in [0.25, 0.3) is 0 Å². The lowest BCUT2D eigenvalue weighted by Gasteiger charge is -2.11. The third kappa shape index (κ3) is 5.01. The van der Waals surface area contributed by atoms with E-state index in [1.165, 1.54) is 26.4 Å². The monoisotopic (exact) mass is 296 g/mol. The number of carbonyl (C=O) groups excluding carboxylic acids is 2. The summed E-state index contributed by atoms with van der Waals surface area (Å²) in [6.07, 6.45) is -0.195. The maximum Gasteiger partial charge on any atom is 0.340 e. The van der Waals surface area contributed by atoms with Gasteiger partial charge in [-0.05, 0) is 18.2 Å². The molecule has 0 aliphatic rings. The molecule has 3 N–H and O–H groups in total. The Bertz CT molecular complexity index is 543. The maximum atomic E-state index is 11.7. The van der Waals surface area contributed by atoms with Crippen molar-refractivity contribution in [3.8, 4) is 5.75 Å². The summed E-state index contributed by atoms with van der Waals surface area (Å²) in [7, 11) is 2.67. The van der Waals surface area contributed by atoms with E-state index in [1.54, 1.807) is 6.07 Å². The number of rotatable bonds is 6. The summed E-state index contributed by atoms with van der Waals surface area (Å²) in [5.41, 5.74) is 0.362. The number of nitrogens with one attached hydrogen (secondary N) is 2. The highest BCUT2D eigenvalue weighted by Crippen LogP contribution is 2.22. The topological polar surface area (TPSA) is 114 Å². The van der Waals surface area contributed by atoms with Gasteiger partial charge in [-0.3, -0.25) is 4.79 Å². The average Bonchev–Trinajstić information content (AvgIpc) is 2.46. The lowest BCUT2D eigenvalue weighted by atomic mass is 10.1. The van der Waals surface area contributed by atoms with Gasteiger partial charge in [-0.2, -0.15) is 0 Å². The van der Waals surface area contributed by atoms with Gasteiger partial charge < -0.3 is 25.2 Å². The van der Waals surface area contributed by atoms with Crippen molar-refractivity contribution in [2.75, 3.05) is 26.1 Å². The largest absolute Gasteiger partial charge is 0.497 e. The fraction of sp³-hybridized carbons (Fsp3) is 0.308. The zero-order valence-electron chi connectivity index (χ0n) is 11.6. The molecule has 0 heterocycles. The van der Waals surface area contributed by atoms with Crippen LogP contribution < -0.4 is 15.4 Å². The number of benzene rings is 1. The second-order valence-corrected chi connectivity index (χ2v) is 3.93. The molecule has 8 heteroatoms. The molecule has 0 fully saturated rings. The number of hydrogen-bond donors (Lipinski definition) is 3. The van der Waals surface area contributed by atoms with Crippen LogP contribution in [0.25, 0.3) is 0 Å². The molecule has 0 saturated carbocycles. The fourth-order valence-corrected chi connectivity index (χ4v) is 1.49. The summed E-state index contributed by atoms with van der Waals surface area (Å²) < 4.78 is 9.63. The number of amides is 2. The number of methoxy groups -OCH3 is 2. The van der Waals surface area contributed by atoms with Crippen LogP contribution in [0.2, 0.25) is 0 Å². The maximum absolute atomic E-state index is 11.7. The van der Waals surface area contributed by atoms with Gasteiger partial charge in [0.15, 0.2) is 0 Å². The van der Waals surface area contributed by atoms with Crippen molar-refractivity contribution in [2.24, 2.45) is 0 Å². The zero-order chi connectivity index (χ0) is 15.8. The second-order valence-electron chi connectivity index (χ2n) is 3.93. The van der Waals surface area contributed by atoms with Crippen molar-refractivity contribution < 1.29 is 29.0 Å². The van der Waals surface area contributed by atoms with Crippen molar-refractivity contribution in [1.29, 1.82) is 0 Å². The third-order valence-electron chi connectivity index (χ3n) is 2.50. The predicted molar refractivity (Wildman–Crippen MR) is 73.6 cm³/mol. The van der Waals surface area contributed by atoms with Gasteiger partial charge in [0.05, 0.1) is 31.9 Å². The zero-order valence-corrected chi connectivity index (χ0v) is 11.6. The molecule has 21 heavy (non-hydrogen) atoms. The Morgan fingerprint density at radius 2 is 1.95 bits per heavy atom. The summed E-state index contributed by atoms with van der Waals surface area (Å²) in [5.74, 6) is -1.21. The molecule has 0 bridgehead atoms. The van der Waals surface area contributed by atoms with E-state index in [0.29, 0.717) is 5.75 Å². The van der Waals surface area contributed by atoms with Crippen LogP contribution in [0.4, 0.5) is 10.5 Å². The molecule has 0 saturated heterocycles. The first-order valence-electron chi connectivity index (χ1n) is 6.01. The molecule has 2 amide bonds. The Balaban J connectivity index is 2.79. The quantitative estimate of drug-likeness (QED) is 0.677. The van der Waals surface area contributed by atoms with E-state index in [-0.39, 0.29) is 24.2 Å². The van der Waals surface area contributed by atoms with E-state index in [0.717, 1.165) is 0 Å². The lowest BCUT2D eigenvalue weighted by Crippen LogP contribution is -2.31. The first kappa shape index (κ1) is 16.3. The minimum Gasteiger partial charge on any atom is -0.497 e. The van der Waals surface area contributed by atoms with Crippen molar-refractivity contribution >= 4 is 23.7 Å². The molecule has 0 unspecified atom stereocenters. The predicted octanol–water partition coefficient (Wildman–Crippen LogP) is 1.08. The number of hydrogen-bond acceptors (Lipinski definition) is 5. The highest BCUT2D eigenvalue weighted by atomic mass is 16.5. The SMILES string of the molecule is COC(=O)c1cc(OC)ccc1NC(=O)NCCC(=O)O. The molecular weight excluding hydrogens is 280 g/mol. The normalized spacial score (nSPS) is 9.62. The number of urea groups is 1. The summed E-state index contributed by atoms with van der Waals surface area (Å²) >= 11 is 0. The van der Waals surface area contributed by atoms with Crippen LogP contribution >= 0.6 is 0 Å². The fourth-order valence-electron chi connectivity index (χ4n) is 1.49. The molecule has 1 rings (SSSR count). The smallest absolute Gasteiger partial charge is 0.340 e. The first-order chi connectivity index (χ1) is 9.97. The van der Waals surface area contributed by atoms with Crippen molar-refractivity contribution in [1.82, 2.24) is 5.32 Å². The van der Waals surface area contributed by atoms with E-state index in [1.807, 2.05) is 0 Å². The number of anilines is 1. The van der Waals surface area contributed by atoms with Crippen LogP contribution in [0.3, 0.4) is 0 Å².